The molecule has 0 saturated carbocycles. The summed E-state index contributed by atoms with van der Waals surface area (Å²) in [6.45, 7) is 0. The first-order valence-electron chi connectivity index (χ1n) is 23.0. The number of hydrogen-bond acceptors (Lipinski definition) is 3. The van der Waals surface area contributed by atoms with Crippen LogP contribution < -0.4 is 0 Å². The number of fused-ring (bicyclic) bond motifs is 6. The van der Waals surface area contributed by atoms with E-state index in [1.807, 2.05) is 24.4 Å². The molecule has 0 spiro atoms. The van der Waals surface area contributed by atoms with Gasteiger partial charge in [-0.3, -0.25) is 4.98 Å². The second-order valence-corrected chi connectivity index (χ2v) is 17.3. The summed E-state index contributed by atoms with van der Waals surface area (Å²) in [5.74, 6) is 0.618. The molecule has 0 atom stereocenters. The number of hydrogen-bond donors (Lipinski definition) is 0. The van der Waals surface area contributed by atoms with Crippen LogP contribution in [-0.2, 0) is 0 Å². The molecule has 9 aromatic carbocycles. The summed E-state index contributed by atoms with van der Waals surface area (Å²) < 4.78 is 4.77. The van der Waals surface area contributed by atoms with Crippen molar-refractivity contribution in [3.05, 3.63) is 249 Å². The lowest BCUT2D eigenvalue weighted by Crippen LogP contribution is -1.97. The fourth-order valence-corrected chi connectivity index (χ4v) is 9.95. The smallest absolute Gasteiger partial charge is 0.161 e. The summed E-state index contributed by atoms with van der Waals surface area (Å²) in [6.07, 6.45) is 3.62. The second kappa shape index (κ2) is 16.4. The van der Waals surface area contributed by atoms with Gasteiger partial charge in [0.15, 0.2) is 5.82 Å². The van der Waals surface area contributed by atoms with E-state index in [4.69, 9.17) is 9.97 Å². The van der Waals surface area contributed by atoms with Crippen molar-refractivity contribution in [2.45, 2.75) is 0 Å². The van der Waals surface area contributed by atoms with E-state index < -0.39 is 0 Å². The minimum Gasteiger partial charge on any atom is -0.309 e. The molecule has 13 rings (SSSR count). The van der Waals surface area contributed by atoms with Gasteiger partial charge in [0.2, 0.25) is 0 Å². The van der Waals surface area contributed by atoms with Crippen molar-refractivity contribution in [3.63, 3.8) is 0 Å². The molecule has 0 fully saturated rings. The Morgan fingerprint density at radius 2 is 0.691 bits per heavy atom. The van der Waals surface area contributed by atoms with Crippen molar-refractivity contribution in [2.75, 3.05) is 0 Å². The summed E-state index contributed by atoms with van der Waals surface area (Å²) >= 11 is 0. The molecule has 0 bridgehead atoms. The number of para-hydroxylation sites is 4. The minimum atomic E-state index is 0.618. The molecule has 4 heterocycles. The Balaban J connectivity index is 1.04. The molecule has 0 aliphatic rings. The lowest BCUT2D eigenvalue weighted by atomic mass is 9.93. The van der Waals surface area contributed by atoms with Crippen LogP contribution in [0.2, 0.25) is 0 Å². The number of benzene rings is 9. The van der Waals surface area contributed by atoms with E-state index in [-0.39, 0.29) is 0 Å². The monoisotopic (exact) mass is 867 g/mol. The van der Waals surface area contributed by atoms with E-state index in [1.165, 1.54) is 38.1 Å². The van der Waals surface area contributed by atoms with Crippen molar-refractivity contribution in [2.24, 2.45) is 0 Å². The van der Waals surface area contributed by atoms with Crippen LogP contribution in [0, 0.1) is 0 Å². The van der Waals surface area contributed by atoms with Gasteiger partial charge in [-0.05, 0) is 118 Å². The number of nitrogens with zero attached hydrogens (tertiary/aromatic N) is 5. The number of pyridine rings is 1. The molecular formula is C63H41N5. The minimum absolute atomic E-state index is 0.618. The third-order valence-corrected chi connectivity index (χ3v) is 13.2. The average Bonchev–Trinajstić information content (AvgIpc) is 3.94. The molecule has 5 heteroatoms. The van der Waals surface area contributed by atoms with Gasteiger partial charge in [0.05, 0.1) is 33.5 Å². The number of aromatic nitrogens is 5. The van der Waals surface area contributed by atoms with Crippen LogP contribution in [0.4, 0.5) is 0 Å². The van der Waals surface area contributed by atoms with E-state index in [0.29, 0.717) is 5.82 Å². The van der Waals surface area contributed by atoms with E-state index in [9.17, 15) is 0 Å². The Morgan fingerprint density at radius 3 is 1.24 bits per heavy atom. The predicted molar refractivity (Wildman–Crippen MR) is 281 cm³/mol. The standard InChI is InChI=1S/C63H41N5/c1-4-15-42(16-5-1)43-26-28-44(29-27-43)57-40-58(66-63(65-57)47-17-14-34-64-41-47)50-36-48(45-30-32-55-53-22-10-12-24-59(53)67(61(55)38-45)51-18-6-2-7-19-51)35-49(37-50)46-31-33-56-54-23-11-13-25-60(54)68(62(56)39-46)52-20-8-3-9-21-52/h1-41H. The lowest BCUT2D eigenvalue weighted by molar-refractivity contribution is 1.17. The Hall–Kier alpha value is -9.19. The van der Waals surface area contributed by atoms with Gasteiger partial charge >= 0.3 is 0 Å². The fraction of sp³-hybridized carbons (Fsp3) is 0. The van der Waals surface area contributed by atoms with Gasteiger partial charge < -0.3 is 9.13 Å². The van der Waals surface area contributed by atoms with Crippen LogP contribution in [0.15, 0.2) is 249 Å². The Kier molecular flexibility index (Phi) is 9.43. The molecule has 13 aromatic rings. The first-order chi connectivity index (χ1) is 33.7. The summed E-state index contributed by atoms with van der Waals surface area (Å²) in [7, 11) is 0. The van der Waals surface area contributed by atoms with E-state index in [1.54, 1.807) is 6.20 Å². The SMILES string of the molecule is c1ccc(-c2ccc(-c3cc(-c4cc(-c5ccc6c7ccccc7n(-c7ccccc7)c6c5)cc(-c5ccc6c7ccccc7n(-c7ccccc7)c6c5)c4)nc(-c4cccnc4)n3)cc2)cc1. The molecule has 0 aliphatic carbocycles. The van der Waals surface area contributed by atoms with Crippen LogP contribution in [0.25, 0.3) is 122 Å². The average molecular weight is 868 g/mol. The van der Waals surface area contributed by atoms with Crippen LogP contribution in [0.1, 0.15) is 0 Å². The Morgan fingerprint density at radius 1 is 0.265 bits per heavy atom. The molecule has 318 valence electrons. The molecule has 68 heavy (non-hydrogen) atoms. The summed E-state index contributed by atoms with van der Waals surface area (Å²) in [5, 5.41) is 4.87. The number of rotatable bonds is 8. The van der Waals surface area contributed by atoms with Crippen molar-refractivity contribution in [3.8, 4) is 78.7 Å². The highest BCUT2D eigenvalue weighted by Gasteiger charge is 2.18. The van der Waals surface area contributed by atoms with Crippen LogP contribution in [-0.4, -0.2) is 24.1 Å². The Labute approximate surface area is 393 Å². The maximum absolute atomic E-state index is 5.34. The van der Waals surface area contributed by atoms with Gasteiger partial charge in [-0.25, -0.2) is 9.97 Å². The van der Waals surface area contributed by atoms with Gasteiger partial charge in [0.1, 0.15) is 0 Å². The van der Waals surface area contributed by atoms with Gasteiger partial charge in [-0.2, -0.15) is 0 Å². The maximum Gasteiger partial charge on any atom is 0.161 e. The molecule has 0 amide bonds. The third-order valence-electron chi connectivity index (χ3n) is 13.2. The molecule has 5 nitrogen and oxygen atoms in total. The van der Waals surface area contributed by atoms with Crippen LogP contribution in [0.3, 0.4) is 0 Å². The third kappa shape index (κ3) is 6.84. The first-order valence-corrected chi connectivity index (χ1v) is 23.0. The van der Waals surface area contributed by atoms with Crippen LogP contribution in [0.5, 0.6) is 0 Å². The normalized spacial score (nSPS) is 11.5. The zero-order valence-electron chi connectivity index (χ0n) is 36.9. The molecule has 0 unspecified atom stereocenters. The van der Waals surface area contributed by atoms with Gasteiger partial charge in [-0.1, -0.05) is 152 Å². The molecular weight excluding hydrogens is 827 g/mol. The fourth-order valence-electron chi connectivity index (χ4n) is 9.95. The maximum atomic E-state index is 5.34. The van der Waals surface area contributed by atoms with Crippen molar-refractivity contribution >= 4 is 43.6 Å². The molecule has 0 saturated heterocycles. The highest BCUT2D eigenvalue weighted by Crippen LogP contribution is 2.40. The molecule has 0 N–H and O–H groups in total. The van der Waals surface area contributed by atoms with Crippen molar-refractivity contribution in [1.82, 2.24) is 24.1 Å². The molecule has 0 radical (unpaired) electrons. The summed E-state index contributed by atoms with van der Waals surface area (Å²) in [6, 6.07) is 84.6. The first kappa shape index (κ1) is 39.2. The highest BCUT2D eigenvalue weighted by atomic mass is 15.0. The van der Waals surface area contributed by atoms with Crippen molar-refractivity contribution in [1.29, 1.82) is 0 Å². The van der Waals surface area contributed by atoms with Crippen LogP contribution >= 0.6 is 0 Å². The predicted octanol–water partition coefficient (Wildman–Crippen LogP) is 16.1. The van der Waals surface area contributed by atoms with E-state index >= 15 is 0 Å². The zero-order valence-corrected chi connectivity index (χ0v) is 36.9. The van der Waals surface area contributed by atoms with E-state index in [2.05, 4.69) is 233 Å². The lowest BCUT2D eigenvalue weighted by Gasteiger charge is -2.14. The van der Waals surface area contributed by atoms with Gasteiger partial charge in [0, 0.05) is 62.0 Å². The van der Waals surface area contributed by atoms with Gasteiger partial charge in [-0.15, -0.1) is 0 Å². The summed E-state index contributed by atoms with van der Waals surface area (Å²) in [4.78, 5) is 15.0. The topological polar surface area (TPSA) is 48.5 Å². The Bertz CT molecular complexity index is 3810. The largest absolute Gasteiger partial charge is 0.309 e. The molecule has 4 aromatic heterocycles. The second-order valence-electron chi connectivity index (χ2n) is 17.3. The van der Waals surface area contributed by atoms with E-state index in [0.717, 1.165) is 78.3 Å². The summed E-state index contributed by atoms with van der Waals surface area (Å²) in [5.41, 5.74) is 18.1. The quantitative estimate of drug-likeness (QED) is 0.153. The van der Waals surface area contributed by atoms with Crippen molar-refractivity contribution < 1.29 is 0 Å². The molecule has 0 aliphatic heterocycles. The highest BCUT2D eigenvalue weighted by molar-refractivity contribution is 6.11. The van der Waals surface area contributed by atoms with Gasteiger partial charge in [0.25, 0.3) is 0 Å². The zero-order chi connectivity index (χ0) is 45.0.